The Hall–Kier alpha value is -0.590. The summed E-state index contributed by atoms with van der Waals surface area (Å²) in [4.78, 5) is 3.97. The number of hydrogen-bond acceptors (Lipinski definition) is 1. The molecule has 1 aliphatic heterocycles. The van der Waals surface area contributed by atoms with Gasteiger partial charge >= 0.3 is 0 Å². The van der Waals surface area contributed by atoms with Gasteiger partial charge in [-0.2, -0.15) is 0 Å². The summed E-state index contributed by atoms with van der Waals surface area (Å²) in [7, 11) is 0. The molecule has 1 heterocycles. The van der Waals surface area contributed by atoms with Gasteiger partial charge in [0.1, 0.15) is 0 Å². The molecule has 0 saturated heterocycles. The van der Waals surface area contributed by atoms with E-state index in [1.54, 1.807) is 0 Å². The van der Waals surface area contributed by atoms with Gasteiger partial charge in [0.25, 0.3) is 0 Å². The minimum atomic E-state index is 1.15. The lowest BCUT2D eigenvalue weighted by Gasteiger charge is -1.80. The van der Waals surface area contributed by atoms with Gasteiger partial charge in [0.15, 0.2) is 0 Å². The van der Waals surface area contributed by atoms with Crippen molar-refractivity contribution in [2.45, 2.75) is 19.3 Å². The summed E-state index contributed by atoms with van der Waals surface area (Å²) in [6.07, 6.45) is 9.53. The molecule has 0 spiro atoms. The van der Waals surface area contributed by atoms with E-state index in [1.165, 1.54) is 12.8 Å². The number of hydrogen-bond donors (Lipinski definition) is 0. The molecule has 38 valence electrons. The molecule has 0 atom stereocenters. The van der Waals surface area contributed by atoms with Crippen LogP contribution in [0.5, 0.6) is 0 Å². The number of nitrogens with zero attached hydrogens (tertiary/aromatic N) is 1. The summed E-state index contributed by atoms with van der Waals surface area (Å²) in [6.45, 7) is 0. The normalized spacial score (nSPS) is 19.4. The van der Waals surface area contributed by atoms with Crippen molar-refractivity contribution in [2.75, 3.05) is 0 Å². The third-order valence-electron chi connectivity index (χ3n) is 1.00. The smallest absolute Gasteiger partial charge is 0.0223 e. The highest BCUT2D eigenvalue weighted by Crippen LogP contribution is 1.97. The Labute approximate surface area is 43.8 Å². The van der Waals surface area contributed by atoms with Gasteiger partial charge in [0, 0.05) is 12.4 Å². The minimum Gasteiger partial charge on any atom is -0.269 e. The van der Waals surface area contributed by atoms with E-state index in [0.717, 1.165) is 6.42 Å². The lowest BCUT2D eigenvalue weighted by atomic mass is 10.3. The molecule has 0 N–H and O–H groups in total. The van der Waals surface area contributed by atoms with Crippen LogP contribution >= 0.6 is 0 Å². The van der Waals surface area contributed by atoms with Crippen LogP contribution in [0.2, 0.25) is 0 Å². The van der Waals surface area contributed by atoms with Gasteiger partial charge in [-0.15, -0.1) is 0 Å². The average Bonchev–Trinajstić information content (AvgIpc) is 1.90. The van der Waals surface area contributed by atoms with E-state index in [1.807, 2.05) is 12.4 Å². The minimum absolute atomic E-state index is 1.15. The Morgan fingerprint density at radius 1 is 1.29 bits per heavy atom. The van der Waals surface area contributed by atoms with Crippen molar-refractivity contribution in [1.29, 1.82) is 0 Å². The van der Waals surface area contributed by atoms with E-state index >= 15 is 0 Å². The van der Waals surface area contributed by atoms with E-state index in [-0.39, 0.29) is 0 Å². The van der Waals surface area contributed by atoms with Crippen molar-refractivity contribution < 1.29 is 0 Å². The summed E-state index contributed by atoms with van der Waals surface area (Å²) in [5.41, 5.74) is 0. The predicted octanol–water partition coefficient (Wildman–Crippen LogP) is 1.75. The van der Waals surface area contributed by atoms with E-state index in [4.69, 9.17) is 0 Å². The lowest BCUT2D eigenvalue weighted by molar-refractivity contribution is 0.911. The highest BCUT2D eigenvalue weighted by molar-refractivity contribution is 5.58. The zero-order chi connectivity index (χ0) is 4.95. The lowest BCUT2D eigenvalue weighted by Crippen LogP contribution is -1.69. The van der Waals surface area contributed by atoms with Crippen LogP contribution in [0, 0.1) is 0 Å². The molecular weight excluding hydrogens is 86.1 g/mol. The number of allylic oxidation sites excluding steroid dienone is 1. The summed E-state index contributed by atoms with van der Waals surface area (Å²) >= 11 is 0. The summed E-state index contributed by atoms with van der Waals surface area (Å²) in [6, 6.07) is 0. The fraction of sp³-hybridized carbons (Fsp3) is 0.500. The first kappa shape index (κ1) is 4.57. The monoisotopic (exact) mass is 95.1 g/mol. The van der Waals surface area contributed by atoms with Crippen molar-refractivity contribution in [2.24, 2.45) is 4.99 Å². The molecule has 0 bridgehead atoms. The van der Waals surface area contributed by atoms with E-state index < -0.39 is 0 Å². The molecule has 1 heteroatoms. The largest absolute Gasteiger partial charge is 0.269 e. The van der Waals surface area contributed by atoms with Crippen molar-refractivity contribution in [1.82, 2.24) is 0 Å². The van der Waals surface area contributed by atoms with E-state index in [0.29, 0.717) is 0 Å². The maximum Gasteiger partial charge on any atom is 0.0223 e. The molecule has 0 unspecified atom stereocenters. The highest BCUT2D eigenvalue weighted by atomic mass is 14.7. The Morgan fingerprint density at radius 3 is 3.29 bits per heavy atom. The molecule has 0 amide bonds. The first-order valence-electron chi connectivity index (χ1n) is 2.67. The third-order valence-corrected chi connectivity index (χ3v) is 1.00. The van der Waals surface area contributed by atoms with Crippen LogP contribution in [0.15, 0.2) is 17.3 Å². The van der Waals surface area contributed by atoms with Crippen molar-refractivity contribution >= 4 is 6.21 Å². The molecule has 0 aromatic heterocycles. The Kier molecular flexibility index (Phi) is 1.67. The fourth-order valence-corrected chi connectivity index (χ4v) is 0.598. The van der Waals surface area contributed by atoms with E-state index in [9.17, 15) is 0 Å². The number of rotatable bonds is 0. The fourth-order valence-electron chi connectivity index (χ4n) is 0.598. The van der Waals surface area contributed by atoms with Crippen LogP contribution < -0.4 is 0 Å². The Balaban J connectivity index is 2.39. The Bertz CT molecular complexity index is 80.4. The van der Waals surface area contributed by atoms with Crippen LogP contribution in [0.1, 0.15) is 19.3 Å². The van der Waals surface area contributed by atoms with Gasteiger partial charge in [-0.3, -0.25) is 4.99 Å². The topological polar surface area (TPSA) is 12.4 Å². The van der Waals surface area contributed by atoms with Crippen LogP contribution in [-0.2, 0) is 0 Å². The summed E-state index contributed by atoms with van der Waals surface area (Å²) in [5.74, 6) is 0. The van der Waals surface area contributed by atoms with Crippen molar-refractivity contribution in [3.05, 3.63) is 12.3 Å². The molecule has 1 rings (SSSR count). The predicted molar refractivity (Wildman–Crippen MR) is 31.5 cm³/mol. The summed E-state index contributed by atoms with van der Waals surface area (Å²) < 4.78 is 0. The second-order valence-electron chi connectivity index (χ2n) is 1.65. The van der Waals surface area contributed by atoms with Gasteiger partial charge in [-0.1, -0.05) is 6.08 Å². The molecule has 7 heavy (non-hydrogen) atoms. The molecule has 0 aromatic rings. The van der Waals surface area contributed by atoms with Gasteiger partial charge in [-0.05, 0) is 19.3 Å². The van der Waals surface area contributed by atoms with Gasteiger partial charge in [-0.25, -0.2) is 0 Å². The standard InChI is InChI=1S/C6H9N/c1-2-4-6-7-5-3-1/h3,5-6H,1-2,4H2. The molecule has 1 aliphatic rings. The van der Waals surface area contributed by atoms with Crippen LogP contribution in [0.25, 0.3) is 0 Å². The van der Waals surface area contributed by atoms with Crippen LogP contribution in [0.3, 0.4) is 0 Å². The van der Waals surface area contributed by atoms with E-state index in [2.05, 4.69) is 11.1 Å². The second-order valence-corrected chi connectivity index (χ2v) is 1.65. The summed E-state index contributed by atoms with van der Waals surface area (Å²) in [5, 5.41) is 0. The molecule has 0 fully saturated rings. The zero-order valence-electron chi connectivity index (χ0n) is 4.30. The number of aliphatic imine (C=N–C) groups is 1. The highest BCUT2D eigenvalue weighted by Gasteiger charge is 1.82. The van der Waals surface area contributed by atoms with Crippen LogP contribution in [-0.4, -0.2) is 6.21 Å². The second kappa shape index (κ2) is 2.56. The zero-order valence-corrected chi connectivity index (χ0v) is 4.30. The first-order valence-corrected chi connectivity index (χ1v) is 2.67. The SMILES string of the molecule is C1=CN=CCCC1. The molecule has 0 aliphatic carbocycles. The maximum atomic E-state index is 3.97. The van der Waals surface area contributed by atoms with Gasteiger partial charge < -0.3 is 0 Å². The molecule has 0 radical (unpaired) electrons. The maximum absolute atomic E-state index is 3.97. The van der Waals surface area contributed by atoms with Crippen molar-refractivity contribution in [3.8, 4) is 0 Å². The molecular formula is C6H9N. The average molecular weight is 95.1 g/mol. The van der Waals surface area contributed by atoms with Crippen LogP contribution in [0.4, 0.5) is 0 Å². The van der Waals surface area contributed by atoms with Gasteiger partial charge in [0.2, 0.25) is 0 Å². The molecule has 1 nitrogen and oxygen atoms in total. The molecule has 0 saturated carbocycles. The van der Waals surface area contributed by atoms with Gasteiger partial charge in [0.05, 0.1) is 0 Å². The molecule has 0 aromatic carbocycles. The third kappa shape index (κ3) is 1.53. The first-order chi connectivity index (χ1) is 3.50. The quantitative estimate of drug-likeness (QED) is 0.434. The Morgan fingerprint density at radius 2 is 2.29 bits per heavy atom. The van der Waals surface area contributed by atoms with Crippen molar-refractivity contribution in [3.63, 3.8) is 0 Å².